The lowest BCUT2D eigenvalue weighted by Crippen LogP contribution is -2.41. The number of nitrogens with zero attached hydrogens (tertiary/aromatic N) is 3. The summed E-state index contributed by atoms with van der Waals surface area (Å²) < 4.78 is 7.07. The smallest absolute Gasteiger partial charge is 0.283 e. The van der Waals surface area contributed by atoms with Crippen LogP contribution >= 0.6 is 0 Å². The van der Waals surface area contributed by atoms with E-state index in [0.717, 1.165) is 12.8 Å². The highest BCUT2D eigenvalue weighted by atomic mass is 16.7. The minimum Gasteiger partial charge on any atom is -0.494 e. The van der Waals surface area contributed by atoms with Crippen molar-refractivity contribution in [3.8, 4) is 11.8 Å². The highest BCUT2D eigenvalue weighted by Gasteiger charge is 2.38. The summed E-state index contributed by atoms with van der Waals surface area (Å²) in [5.74, 6) is 0.527. The average Bonchev–Trinajstić information content (AvgIpc) is 3.47. The van der Waals surface area contributed by atoms with Crippen molar-refractivity contribution in [3.05, 3.63) is 63.4 Å². The van der Waals surface area contributed by atoms with Gasteiger partial charge in [-0.1, -0.05) is 0 Å². The molecule has 2 heterocycles. The molecule has 3 aromatic rings. The van der Waals surface area contributed by atoms with Gasteiger partial charge >= 0.3 is 0 Å². The van der Waals surface area contributed by atoms with E-state index >= 15 is 0 Å². The number of hydrogen-bond donors (Lipinski definition) is 1. The molecular formula is C24H26N4O4. The molecule has 0 saturated heterocycles. The number of amides is 1. The average molecular weight is 434 g/mol. The third-order valence-electron chi connectivity index (χ3n) is 5.12. The van der Waals surface area contributed by atoms with Crippen LogP contribution in [0, 0.1) is 11.3 Å². The van der Waals surface area contributed by atoms with E-state index in [0.29, 0.717) is 34.8 Å². The van der Waals surface area contributed by atoms with Crippen LogP contribution in [0.4, 0.5) is 5.82 Å². The Kier molecular flexibility index (Phi) is 5.53. The predicted molar refractivity (Wildman–Crippen MR) is 120 cm³/mol. The Morgan fingerprint density at radius 1 is 1.25 bits per heavy atom. The lowest BCUT2D eigenvalue weighted by molar-refractivity contribution is -0.0173. The Bertz CT molecular complexity index is 1250. The van der Waals surface area contributed by atoms with E-state index in [4.69, 9.17) is 9.57 Å². The van der Waals surface area contributed by atoms with Crippen LogP contribution in [-0.2, 0) is 4.84 Å². The first kappa shape index (κ1) is 21.7. The molecule has 0 aliphatic heterocycles. The van der Waals surface area contributed by atoms with E-state index in [-0.39, 0.29) is 16.9 Å². The molecule has 1 aromatic carbocycles. The Balaban J connectivity index is 1.92. The highest BCUT2D eigenvalue weighted by molar-refractivity contribution is 6.05. The fraction of sp³-hybridized carbons (Fsp3) is 0.375. The van der Waals surface area contributed by atoms with Crippen molar-refractivity contribution in [3.63, 3.8) is 0 Å². The van der Waals surface area contributed by atoms with Crippen LogP contribution in [0.15, 0.2) is 41.3 Å². The first-order valence-corrected chi connectivity index (χ1v) is 10.7. The Labute approximate surface area is 185 Å². The van der Waals surface area contributed by atoms with E-state index in [1.807, 2.05) is 33.8 Å². The van der Waals surface area contributed by atoms with Crippen molar-refractivity contribution in [2.24, 2.45) is 0 Å². The number of carbonyl (C=O) groups excluding carboxylic acids is 1. The van der Waals surface area contributed by atoms with Gasteiger partial charge in [0, 0.05) is 17.3 Å². The molecule has 1 fully saturated rings. The SMILES string of the molecule is CCOc1ccc(C(=O)N(OC(C)(C)C)c2c(C3CC3)c(=O)c(C#N)c3cc[nH]n23)cc1. The quantitative estimate of drug-likeness (QED) is 0.588. The number of rotatable bonds is 6. The van der Waals surface area contributed by atoms with Crippen molar-refractivity contribution in [2.45, 2.75) is 52.1 Å². The number of hydroxylamine groups is 1. The van der Waals surface area contributed by atoms with Gasteiger partial charge in [-0.3, -0.25) is 19.5 Å². The van der Waals surface area contributed by atoms with Crippen molar-refractivity contribution in [1.29, 1.82) is 5.26 Å². The molecule has 0 unspecified atom stereocenters. The van der Waals surface area contributed by atoms with E-state index in [9.17, 15) is 14.9 Å². The number of anilines is 1. The van der Waals surface area contributed by atoms with Crippen LogP contribution in [-0.4, -0.2) is 27.7 Å². The zero-order valence-electron chi connectivity index (χ0n) is 18.6. The second-order valence-electron chi connectivity index (χ2n) is 8.77. The molecule has 0 atom stereocenters. The molecule has 4 rings (SSSR count). The summed E-state index contributed by atoms with van der Waals surface area (Å²) in [4.78, 5) is 33.1. The Morgan fingerprint density at radius 2 is 1.94 bits per heavy atom. The number of carbonyl (C=O) groups is 1. The van der Waals surface area contributed by atoms with Gasteiger partial charge in [0.2, 0.25) is 5.43 Å². The van der Waals surface area contributed by atoms with Crippen molar-refractivity contribution >= 4 is 17.2 Å². The highest BCUT2D eigenvalue weighted by Crippen LogP contribution is 2.43. The second-order valence-corrected chi connectivity index (χ2v) is 8.77. The third kappa shape index (κ3) is 3.99. The molecule has 0 radical (unpaired) electrons. The largest absolute Gasteiger partial charge is 0.494 e. The summed E-state index contributed by atoms with van der Waals surface area (Å²) >= 11 is 0. The number of fused-ring (bicyclic) bond motifs is 1. The number of benzene rings is 1. The number of aromatic amines is 1. The number of nitrogens with one attached hydrogen (secondary N) is 1. The zero-order chi connectivity index (χ0) is 23.0. The van der Waals surface area contributed by atoms with E-state index < -0.39 is 11.5 Å². The molecular weight excluding hydrogens is 408 g/mol. The summed E-state index contributed by atoms with van der Waals surface area (Å²) in [6.07, 6.45) is 3.27. The normalized spacial score (nSPS) is 13.7. The van der Waals surface area contributed by atoms with Gasteiger partial charge in [-0.2, -0.15) is 10.3 Å². The molecule has 0 bridgehead atoms. The van der Waals surface area contributed by atoms with Crippen molar-refractivity contribution in [2.75, 3.05) is 11.7 Å². The molecule has 1 saturated carbocycles. The van der Waals surface area contributed by atoms with Gasteiger partial charge in [0.1, 0.15) is 17.4 Å². The van der Waals surface area contributed by atoms with E-state index in [2.05, 4.69) is 5.10 Å². The molecule has 1 aliphatic rings. The van der Waals surface area contributed by atoms with Crippen LogP contribution in [0.3, 0.4) is 0 Å². The number of aromatic nitrogens is 2. The number of nitriles is 1. The minimum absolute atomic E-state index is 0.0241. The van der Waals surface area contributed by atoms with Gasteiger partial charge in [0.15, 0.2) is 5.82 Å². The second kappa shape index (κ2) is 8.17. The van der Waals surface area contributed by atoms with Crippen LogP contribution in [0.5, 0.6) is 5.75 Å². The number of H-pyrrole nitrogens is 1. The summed E-state index contributed by atoms with van der Waals surface area (Å²) in [7, 11) is 0. The van der Waals surface area contributed by atoms with Crippen LogP contribution in [0.1, 0.15) is 67.9 Å². The molecule has 1 N–H and O–H groups in total. The fourth-order valence-corrected chi connectivity index (χ4v) is 3.66. The first-order valence-electron chi connectivity index (χ1n) is 10.7. The lowest BCUT2D eigenvalue weighted by Gasteiger charge is -2.31. The zero-order valence-corrected chi connectivity index (χ0v) is 18.6. The van der Waals surface area contributed by atoms with Gasteiger partial charge in [-0.05, 0) is 76.8 Å². The summed E-state index contributed by atoms with van der Waals surface area (Å²) in [6.45, 7) is 7.92. The molecule has 1 amide bonds. The molecule has 1 aliphatic carbocycles. The van der Waals surface area contributed by atoms with Gasteiger partial charge in [-0.15, -0.1) is 0 Å². The minimum atomic E-state index is -0.724. The summed E-state index contributed by atoms with van der Waals surface area (Å²) in [5.41, 5.74) is 0.186. The van der Waals surface area contributed by atoms with Gasteiger partial charge < -0.3 is 4.74 Å². The lowest BCUT2D eigenvalue weighted by atomic mass is 10.1. The monoisotopic (exact) mass is 434 g/mol. The molecule has 2 aromatic heterocycles. The third-order valence-corrected chi connectivity index (χ3v) is 5.12. The van der Waals surface area contributed by atoms with Crippen molar-refractivity contribution in [1.82, 2.24) is 9.61 Å². The standard InChI is InChI=1S/C24H26N4O4/c1-5-31-17-10-8-16(9-11-17)23(30)28(32-24(2,3)4)22-20(15-6-7-15)21(29)18(14-25)19-12-13-26-27(19)22/h8-13,15,26H,5-7H2,1-4H3. The molecule has 8 nitrogen and oxygen atoms in total. The topological polar surface area (TPSA) is 99.8 Å². The predicted octanol–water partition coefficient (Wildman–Crippen LogP) is 4.15. The Morgan fingerprint density at radius 3 is 2.50 bits per heavy atom. The van der Waals surface area contributed by atoms with E-state index in [1.165, 1.54) is 5.06 Å². The first-order chi connectivity index (χ1) is 15.2. The number of ether oxygens (including phenoxy) is 1. The molecule has 32 heavy (non-hydrogen) atoms. The van der Waals surface area contributed by atoms with Gasteiger partial charge in [-0.25, -0.2) is 4.52 Å². The number of hydrogen-bond acceptors (Lipinski definition) is 5. The van der Waals surface area contributed by atoms with E-state index in [1.54, 1.807) is 41.0 Å². The number of pyridine rings is 1. The fourth-order valence-electron chi connectivity index (χ4n) is 3.66. The van der Waals surface area contributed by atoms with Crippen LogP contribution in [0.2, 0.25) is 0 Å². The van der Waals surface area contributed by atoms with Gasteiger partial charge in [0.25, 0.3) is 5.91 Å². The summed E-state index contributed by atoms with van der Waals surface area (Å²) in [5, 5.41) is 13.9. The molecule has 8 heteroatoms. The Hall–Kier alpha value is -3.57. The maximum absolute atomic E-state index is 13.7. The molecule has 0 spiro atoms. The molecule has 166 valence electrons. The maximum Gasteiger partial charge on any atom is 0.283 e. The van der Waals surface area contributed by atoms with Crippen molar-refractivity contribution < 1.29 is 14.4 Å². The van der Waals surface area contributed by atoms with Crippen LogP contribution < -0.4 is 15.2 Å². The van der Waals surface area contributed by atoms with Gasteiger partial charge in [0.05, 0.1) is 17.7 Å². The summed E-state index contributed by atoms with van der Waals surface area (Å²) in [6, 6.07) is 10.5. The maximum atomic E-state index is 13.7. The van der Waals surface area contributed by atoms with Crippen LogP contribution in [0.25, 0.3) is 5.52 Å².